The van der Waals surface area contributed by atoms with Crippen molar-refractivity contribution in [2.24, 2.45) is 0 Å². The minimum Gasteiger partial charge on any atom is -0.352 e. The Balaban J connectivity index is 1.35. The highest BCUT2D eigenvalue weighted by Gasteiger charge is 2.23. The third-order valence-electron chi connectivity index (χ3n) is 4.33. The van der Waals surface area contributed by atoms with Crippen molar-refractivity contribution in [3.63, 3.8) is 0 Å². The Labute approximate surface area is 126 Å². The second-order valence-electron chi connectivity index (χ2n) is 6.26. The van der Waals surface area contributed by atoms with Crippen LogP contribution in [-0.4, -0.2) is 42.5 Å². The number of benzene rings is 1. The highest BCUT2D eigenvalue weighted by atomic mass is 16.2. The van der Waals surface area contributed by atoms with E-state index < -0.39 is 0 Å². The van der Waals surface area contributed by atoms with E-state index in [9.17, 15) is 4.79 Å². The van der Waals surface area contributed by atoms with Crippen LogP contribution in [0.5, 0.6) is 0 Å². The summed E-state index contributed by atoms with van der Waals surface area (Å²) in [6.45, 7) is 3.63. The summed E-state index contributed by atoms with van der Waals surface area (Å²) in [4.78, 5) is 14.3. The normalized spacial score (nSPS) is 20.4. The van der Waals surface area contributed by atoms with Crippen molar-refractivity contribution in [2.75, 3.05) is 19.6 Å². The van der Waals surface area contributed by atoms with Crippen LogP contribution < -0.4 is 10.6 Å². The maximum Gasteiger partial charge on any atom is 0.234 e. The molecule has 21 heavy (non-hydrogen) atoms. The van der Waals surface area contributed by atoms with Crippen LogP contribution in [0.3, 0.4) is 0 Å². The van der Waals surface area contributed by atoms with Crippen LogP contribution in [-0.2, 0) is 11.3 Å². The molecule has 0 unspecified atom stereocenters. The van der Waals surface area contributed by atoms with Gasteiger partial charge in [0.1, 0.15) is 0 Å². The summed E-state index contributed by atoms with van der Waals surface area (Å²) < 4.78 is 0. The van der Waals surface area contributed by atoms with Crippen LogP contribution in [0, 0.1) is 0 Å². The van der Waals surface area contributed by atoms with Gasteiger partial charge in [0, 0.05) is 31.7 Å². The lowest BCUT2D eigenvalue weighted by Gasteiger charge is -2.32. The largest absolute Gasteiger partial charge is 0.352 e. The van der Waals surface area contributed by atoms with Crippen molar-refractivity contribution in [1.29, 1.82) is 0 Å². The first-order valence-corrected chi connectivity index (χ1v) is 8.08. The summed E-state index contributed by atoms with van der Waals surface area (Å²) in [5.41, 5.74) is 1.37. The van der Waals surface area contributed by atoms with Gasteiger partial charge in [0.25, 0.3) is 0 Å². The molecule has 0 bridgehead atoms. The zero-order valence-electron chi connectivity index (χ0n) is 12.6. The molecule has 2 fully saturated rings. The number of piperidine rings is 1. The Morgan fingerprint density at radius 1 is 1.05 bits per heavy atom. The molecule has 0 radical (unpaired) electrons. The van der Waals surface area contributed by atoms with Crippen molar-refractivity contribution >= 4 is 5.91 Å². The lowest BCUT2D eigenvalue weighted by Crippen LogP contribution is -2.46. The van der Waals surface area contributed by atoms with Crippen molar-refractivity contribution in [2.45, 2.75) is 44.3 Å². The van der Waals surface area contributed by atoms with Gasteiger partial charge in [-0.25, -0.2) is 0 Å². The van der Waals surface area contributed by atoms with Crippen LogP contribution in [0.15, 0.2) is 30.3 Å². The van der Waals surface area contributed by atoms with E-state index in [1.165, 1.54) is 18.4 Å². The molecular weight excluding hydrogens is 262 g/mol. The van der Waals surface area contributed by atoms with E-state index in [1.54, 1.807) is 0 Å². The second-order valence-corrected chi connectivity index (χ2v) is 6.26. The van der Waals surface area contributed by atoms with Crippen molar-refractivity contribution in [1.82, 2.24) is 15.5 Å². The van der Waals surface area contributed by atoms with E-state index in [1.807, 2.05) is 0 Å². The lowest BCUT2D eigenvalue weighted by atomic mass is 10.0. The first-order chi connectivity index (χ1) is 10.3. The number of hydrogen-bond acceptors (Lipinski definition) is 3. The number of nitrogens with one attached hydrogen (secondary N) is 2. The topological polar surface area (TPSA) is 44.4 Å². The fourth-order valence-electron chi connectivity index (χ4n) is 2.88. The van der Waals surface area contributed by atoms with Gasteiger partial charge in [0.05, 0.1) is 6.54 Å². The molecule has 1 aromatic carbocycles. The smallest absolute Gasteiger partial charge is 0.234 e. The first kappa shape index (κ1) is 14.5. The number of likely N-dealkylation sites (tertiary alicyclic amines) is 1. The molecule has 114 valence electrons. The number of rotatable bonds is 6. The van der Waals surface area contributed by atoms with E-state index in [0.29, 0.717) is 18.6 Å². The Morgan fingerprint density at radius 2 is 1.76 bits per heavy atom. The monoisotopic (exact) mass is 287 g/mol. The molecule has 1 aromatic rings. The van der Waals surface area contributed by atoms with Gasteiger partial charge in [-0.2, -0.15) is 0 Å². The molecule has 0 aromatic heterocycles. The Hall–Kier alpha value is -1.39. The number of nitrogens with zero attached hydrogens (tertiary/aromatic N) is 1. The number of carbonyl (C=O) groups is 1. The highest BCUT2D eigenvalue weighted by Crippen LogP contribution is 2.18. The predicted octanol–water partition coefficient (Wildman–Crippen LogP) is 1.52. The van der Waals surface area contributed by atoms with E-state index in [2.05, 4.69) is 45.9 Å². The zero-order valence-corrected chi connectivity index (χ0v) is 12.6. The molecule has 1 saturated heterocycles. The van der Waals surface area contributed by atoms with Gasteiger partial charge in [0.2, 0.25) is 5.91 Å². The van der Waals surface area contributed by atoms with Gasteiger partial charge in [-0.3, -0.25) is 9.69 Å². The minimum atomic E-state index is 0.156. The van der Waals surface area contributed by atoms with Gasteiger partial charge < -0.3 is 10.6 Å². The fourth-order valence-corrected chi connectivity index (χ4v) is 2.88. The van der Waals surface area contributed by atoms with Gasteiger partial charge in [-0.1, -0.05) is 30.3 Å². The van der Waals surface area contributed by atoms with Crippen LogP contribution in [0.2, 0.25) is 0 Å². The van der Waals surface area contributed by atoms with Crippen LogP contribution in [0.4, 0.5) is 0 Å². The van der Waals surface area contributed by atoms with E-state index in [4.69, 9.17) is 0 Å². The van der Waals surface area contributed by atoms with E-state index in [0.717, 1.165) is 32.5 Å². The summed E-state index contributed by atoms with van der Waals surface area (Å²) in [6, 6.07) is 11.6. The number of hydrogen-bond donors (Lipinski definition) is 2. The molecule has 1 aliphatic heterocycles. The van der Waals surface area contributed by atoms with Crippen molar-refractivity contribution in [3.05, 3.63) is 35.9 Å². The number of amides is 1. The molecule has 2 aliphatic rings. The van der Waals surface area contributed by atoms with Gasteiger partial charge in [-0.15, -0.1) is 0 Å². The zero-order chi connectivity index (χ0) is 14.5. The van der Waals surface area contributed by atoms with Crippen molar-refractivity contribution < 1.29 is 4.79 Å². The average molecular weight is 287 g/mol. The van der Waals surface area contributed by atoms with Crippen LogP contribution in [0.25, 0.3) is 0 Å². The lowest BCUT2D eigenvalue weighted by molar-refractivity contribution is -0.121. The molecule has 4 nitrogen and oxygen atoms in total. The molecule has 2 N–H and O–H groups in total. The van der Waals surface area contributed by atoms with E-state index in [-0.39, 0.29) is 5.91 Å². The molecule has 4 heteroatoms. The molecule has 1 saturated carbocycles. The summed E-state index contributed by atoms with van der Waals surface area (Å²) >= 11 is 0. The minimum absolute atomic E-state index is 0.156. The Kier molecular flexibility index (Phi) is 4.88. The van der Waals surface area contributed by atoms with Gasteiger partial charge >= 0.3 is 0 Å². The molecule has 3 rings (SSSR count). The predicted molar refractivity (Wildman–Crippen MR) is 83.9 cm³/mol. The third-order valence-corrected chi connectivity index (χ3v) is 4.33. The summed E-state index contributed by atoms with van der Waals surface area (Å²) in [5, 5.41) is 6.42. The average Bonchev–Trinajstić information content (AvgIpc) is 3.33. The van der Waals surface area contributed by atoms with E-state index >= 15 is 0 Å². The maximum atomic E-state index is 11.8. The summed E-state index contributed by atoms with van der Waals surface area (Å²) in [7, 11) is 0. The van der Waals surface area contributed by atoms with Crippen LogP contribution in [0.1, 0.15) is 31.2 Å². The molecule has 1 aliphatic carbocycles. The Bertz CT molecular complexity index is 450. The quantitative estimate of drug-likeness (QED) is 0.834. The summed E-state index contributed by atoms with van der Waals surface area (Å²) in [5.74, 6) is 0.156. The standard InChI is InChI=1S/C17H25N3O/c21-17(12-18-15-6-7-15)19-16-8-10-20(11-9-16)13-14-4-2-1-3-5-14/h1-5,15-16,18H,6-13H2,(H,19,21). The number of carbonyl (C=O) groups excluding carboxylic acids is 1. The fraction of sp³-hybridized carbons (Fsp3) is 0.588. The van der Waals surface area contributed by atoms with Crippen LogP contribution >= 0.6 is 0 Å². The molecule has 0 atom stereocenters. The van der Waals surface area contributed by atoms with Gasteiger partial charge in [-0.05, 0) is 31.2 Å². The maximum absolute atomic E-state index is 11.8. The van der Waals surface area contributed by atoms with Crippen molar-refractivity contribution in [3.8, 4) is 0 Å². The SMILES string of the molecule is O=C(CNC1CC1)NC1CCN(Cc2ccccc2)CC1. The molecule has 0 spiro atoms. The second kappa shape index (κ2) is 7.05. The Morgan fingerprint density at radius 3 is 2.43 bits per heavy atom. The third kappa shape index (κ3) is 4.83. The molecular formula is C17H25N3O. The van der Waals surface area contributed by atoms with Gasteiger partial charge in [0.15, 0.2) is 0 Å². The molecule has 1 amide bonds. The summed E-state index contributed by atoms with van der Waals surface area (Å²) in [6.07, 6.45) is 4.57. The molecule has 1 heterocycles. The first-order valence-electron chi connectivity index (χ1n) is 8.08. The highest BCUT2D eigenvalue weighted by molar-refractivity contribution is 5.78.